The summed E-state index contributed by atoms with van der Waals surface area (Å²) in [6.07, 6.45) is 12.2. The van der Waals surface area contributed by atoms with Crippen LogP contribution in [0.5, 0.6) is 0 Å². The Morgan fingerprint density at radius 1 is 1.33 bits per heavy atom. The van der Waals surface area contributed by atoms with Gasteiger partial charge < -0.3 is 9.64 Å². The van der Waals surface area contributed by atoms with Crippen molar-refractivity contribution < 1.29 is 9.53 Å². The number of piperidine rings is 1. The largest absolute Gasteiger partial charge is 0.372 e. The third kappa shape index (κ3) is 4.22. The highest BCUT2D eigenvalue weighted by Crippen LogP contribution is 2.38. The molecule has 0 aromatic carbocycles. The van der Waals surface area contributed by atoms with Gasteiger partial charge in [0.15, 0.2) is 5.66 Å². The summed E-state index contributed by atoms with van der Waals surface area (Å²) >= 11 is 0. The van der Waals surface area contributed by atoms with Crippen LogP contribution in [-0.2, 0) is 9.53 Å². The van der Waals surface area contributed by atoms with Crippen LogP contribution in [-0.4, -0.2) is 46.4 Å². The summed E-state index contributed by atoms with van der Waals surface area (Å²) in [6.45, 7) is 2.42. The highest BCUT2D eigenvalue weighted by molar-refractivity contribution is 5.76. The first kappa shape index (κ1) is 18.2. The molecule has 0 saturated carbocycles. The Kier molecular flexibility index (Phi) is 5.26. The number of amides is 1. The Morgan fingerprint density at radius 2 is 2.15 bits per heavy atom. The lowest BCUT2D eigenvalue weighted by molar-refractivity contribution is -0.132. The summed E-state index contributed by atoms with van der Waals surface area (Å²) in [5.41, 5.74) is 1.83. The molecule has 2 fully saturated rings. The second kappa shape index (κ2) is 7.81. The van der Waals surface area contributed by atoms with Crippen molar-refractivity contribution in [3.05, 3.63) is 17.5 Å². The third-order valence-electron chi connectivity index (χ3n) is 5.95. The monoisotopic (exact) mass is 369 g/mol. The van der Waals surface area contributed by atoms with Crippen LogP contribution in [0, 0.1) is 12.3 Å². The van der Waals surface area contributed by atoms with Crippen molar-refractivity contribution in [1.29, 1.82) is 0 Å². The average molecular weight is 369 g/mol. The van der Waals surface area contributed by atoms with Gasteiger partial charge in [-0.2, -0.15) is 15.3 Å². The maximum atomic E-state index is 12.5. The van der Waals surface area contributed by atoms with E-state index in [9.17, 15) is 4.79 Å². The number of aromatic amines is 1. The first-order valence-corrected chi connectivity index (χ1v) is 10.0. The second-order valence-corrected chi connectivity index (χ2v) is 7.79. The fourth-order valence-electron chi connectivity index (χ4n) is 4.11. The summed E-state index contributed by atoms with van der Waals surface area (Å²) in [5, 5.41) is 15.9. The smallest absolute Gasteiger partial charge is 0.222 e. The number of hydrogen-bond donors (Lipinski definition) is 1. The molecule has 1 N–H and O–H groups in total. The van der Waals surface area contributed by atoms with Crippen LogP contribution in [0.25, 0.3) is 0 Å². The van der Waals surface area contributed by atoms with E-state index in [2.05, 4.69) is 32.4 Å². The van der Waals surface area contributed by atoms with Crippen LogP contribution in [0.4, 0.5) is 0 Å². The molecule has 4 rings (SSSR count). The third-order valence-corrected chi connectivity index (χ3v) is 5.95. The van der Waals surface area contributed by atoms with Gasteiger partial charge in [0, 0.05) is 51.3 Å². The molecule has 0 spiro atoms. The van der Waals surface area contributed by atoms with Gasteiger partial charge in [0.05, 0.1) is 17.5 Å². The highest BCUT2D eigenvalue weighted by atomic mass is 16.5. The Hall–Kier alpha value is -2.20. The number of nitrogens with one attached hydrogen (secondary N) is 1. The fraction of sp³-hybridized carbons (Fsp3) is 0.700. The molecule has 4 heterocycles. The number of H-pyrrole nitrogens is 1. The van der Waals surface area contributed by atoms with Crippen LogP contribution in [0.1, 0.15) is 74.8 Å². The van der Waals surface area contributed by atoms with E-state index in [1.807, 2.05) is 4.90 Å². The van der Waals surface area contributed by atoms with E-state index < -0.39 is 0 Å². The van der Waals surface area contributed by atoms with Crippen molar-refractivity contribution in [2.24, 2.45) is 10.2 Å². The summed E-state index contributed by atoms with van der Waals surface area (Å²) < 4.78 is 5.72. The number of likely N-dealkylation sites (tertiary alicyclic amines) is 1. The van der Waals surface area contributed by atoms with E-state index in [-0.39, 0.29) is 17.7 Å². The first-order chi connectivity index (χ1) is 13.2. The van der Waals surface area contributed by atoms with Crippen molar-refractivity contribution in [2.45, 2.75) is 69.1 Å². The van der Waals surface area contributed by atoms with Gasteiger partial charge in [-0.25, -0.2) is 0 Å². The molecule has 3 aliphatic heterocycles. The Bertz CT molecular complexity index is 730. The predicted octanol–water partition coefficient (Wildman–Crippen LogP) is 3.32. The van der Waals surface area contributed by atoms with Crippen LogP contribution in [0.2, 0.25) is 0 Å². The molecule has 1 aromatic rings. The van der Waals surface area contributed by atoms with E-state index in [4.69, 9.17) is 11.2 Å². The average Bonchev–Trinajstić information content (AvgIpc) is 3.10. The van der Waals surface area contributed by atoms with E-state index >= 15 is 0 Å². The Balaban J connectivity index is 1.23. The lowest BCUT2D eigenvalue weighted by Crippen LogP contribution is -2.38. The second-order valence-electron chi connectivity index (χ2n) is 7.79. The minimum absolute atomic E-state index is 0.174. The van der Waals surface area contributed by atoms with Crippen LogP contribution >= 0.6 is 0 Å². The van der Waals surface area contributed by atoms with Crippen molar-refractivity contribution in [3.8, 4) is 12.3 Å². The highest BCUT2D eigenvalue weighted by Gasteiger charge is 2.39. The zero-order valence-electron chi connectivity index (χ0n) is 15.7. The SMILES string of the molecule is C#CCCC1(CCC(=O)N2CCC(c3cc(C4CCCO4)[nH]n3)CC2)N=N1. The molecule has 7 nitrogen and oxygen atoms in total. The number of nitrogens with zero attached hydrogens (tertiary/aromatic N) is 4. The van der Waals surface area contributed by atoms with Gasteiger partial charge in [0.1, 0.15) is 0 Å². The van der Waals surface area contributed by atoms with Crippen molar-refractivity contribution >= 4 is 5.91 Å². The molecular formula is C20H27N5O2. The molecular weight excluding hydrogens is 342 g/mol. The quantitative estimate of drug-likeness (QED) is 0.749. The molecule has 1 atom stereocenters. The minimum atomic E-state index is -0.367. The van der Waals surface area contributed by atoms with Gasteiger partial charge in [-0.05, 0) is 31.7 Å². The van der Waals surface area contributed by atoms with Crippen LogP contribution in [0.3, 0.4) is 0 Å². The number of terminal acetylenes is 1. The lowest BCUT2D eigenvalue weighted by Gasteiger charge is -2.31. The van der Waals surface area contributed by atoms with Gasteiger partial charge in [-0.3, -0.25) is 9.89 Å². The number of rotatable bonds is 7. The molecule has 27 heavy (non-hydrogen) atoms. The molecule has 0 aliphatic carbocycles. The zero-order valence-corrected chi connectivity index (χ0v) is 15.7. The number of hydrogen-bond acceptors (Lipinski definition) is 5. The normalized spacial score (nSPS) is 24.1. The molecule has 1 amide bonds. The first-order valence-electron chi connectivity index (χ1n) is 10.0. The zero-order chi connectivity index (χ0) is 18.7. The van der Waals surface area contributed by atoms with E-state index in [1.165, 1.54) is 0 Å². The lowest BCUT2D eigenvalue weighted by atomic mass is 9.92. The minimum Gasteiger partial charge on any atom is -0.372 e. The molecule has 0 bridgehead atoms. The standard InChI is InChI=1S/C20H27N5O2/c1-2-3-9-20(23-24-20)10-6-19(26)25-11-7-15(8-12-25)16-14-17(22-21-16)18-5-4-13-27-18/h1,14-15,18H,3-13H2,(H,21,22). The predicted molar refractivity (Wildman–Crippen MR) is 100.0 cm³/mol. The molecule has 144 valence electrons. The maximum Gasteiger partial charge on any atom is 0.222 e. The molecule has 1 unspecified atom stereocenters. The Morgan fingerprint density at radius 3 is 2.81 bits per heavy atom. The van der Waals surface area contributed by atoms with Crippen LogP contribution in [0.15, 0.2) is 16.3 Å². The number of carbonyl (C=O) groups excluding carboxylic acids is 1. The molecule has 7 heteroatoms. The number of aromatic nitrogens is 2. The van der Waals surface area contributed by atoms with Gasteiger partial charge in [-0.1, -0.05) is 0 Å². The fourth-order valence-corrected chi connectivity index (χ4v) is 4.11. The molecule has 3 aliphatic rings. The number of ether oxygens (including phenoxy) is 1. The molecule has 0 radical (unpaired) electrons. The van der Waals surface area contributed by atoms with Gasteiger partial charge in [0.2, 0.25) is 5.91 Å². The summed E-state index contributed by atoms with van der Waals surface area (Å²) in [4.78, 5) is 14.5. The van der Waals surface area contributed by atoms with E-state index in [0.29, 0.717) is 25.2 Å². The molecule has 2 saturated heterocycles. The maximum absolute atomic E-state index is 12.5. The van der Waals surface area contributed by atoms with E-state index in [1.54, 1.807) is 0 Å². The van der Waals surface area contributed by atoms with Crippen molar-refractivity contribution in [2.75, 3.05) is 19.7 Å². The number of carbonyl (C=O) groups is 1. The molecule has 1 aromatic heterocycles. The Labute approximate surface area is 159 Å². The van der Waals surface area contributed by atoms with E-state index in [0.717, 1.165) is 63.2 Å². The summed E-state index contributed by atoms with van der Waals surface area (Å²) in [5.74, 6) is 3.24. The van der Waals surface area contributed by atoms with Gasteiger partial charge in [0.25, 0.3) is 0 Å². The van der Waals surface area contributed by atoms with Crippen molar-refractivity contribution in [1.82, 2.24) is 15.1 Å². The van der Waals surface area contributed by atoms with Crippen molar-refractivity contribution in [3.63, 3.8) is 0 Å². The topological polar surface area (TPSA) is 82.9 Å². The summed E-state index contributed by atoms with van der Waals surface area (Å²) in [6, 6.07) is 2.16. The summed E-state index contributed by atoms with van der Waals surface area (Å²) in [7, 11) is 0. The van der Waals surface area contributed by atoms with Gasteiger partial charge >= 0.3 is 0 Å². The van der Waals surface area contributed by atoms with Gasteiger partial charge in [-0.15, -0.1) is 12.3 Å². The van der Waals surface area contributed by atoms with Crippen LogP contribution < -0.4 is 0 Å².